The van der Waals surface area contributed by atoms with Crippen LogP contribution >= 0.6 is 11.8 Å². The van der Waals surface area contributed by atoms with Crippen molar-refractivity contribution in [2.75, 3.05) is 6.26 Å². The monoisotopic (exact) mass is 276 g/mol. The van der Waals surface area contributed by atoms with Crippen LogP contribution in [0.25, 0.3) is 0 Å². The van der Waals surface area contributed by atoms with Gasteiger partial charge in [0.2, 0.25) is 5.91 Å². The molecule has 5 nitrogen and oxygen atoms in total. The van der Waals surface area contributed by atoms with E-state index in [4.69, 9.17) is 0 Å². The maximum Gasteiger partial charge on any atom is 0.224 e. The number of benzene rings is 1. The van der Waals surface area contributed by atoms with Crippen molar-refractivity contribution in [3.63, 3.8) is 0 Å². The fourth-order valence-electron chi connectivity index (χ4n) is 1.64. The molecule has 2 aromatic rings. The molecular weight excluding hydrogens is 260 g/mol. The number of amides is 1. The van der Waals surface area contributed by atoms with Crippen LogP contribution in [-0.4, -0.2) is 27.3 Å². The van der Waals surface area contributed by atoms with Crippen LogP contribution in [0.5, 0.6) is 0 Å². The molecule has 1 aromatic heterocycles. The van der Waals surface area contributed by atoms with E-state index in [-0.39, 0.29) is 5.91 Å². The number of carbonyl (C=O) groups excluding carboxylic acids is 1. The van der Waals surface area contributed by atoms with Crippen molar-refractivity contribution in [3.8, 4) is 0 Å². The third kappa shape index (κ3) is 4.10. The van der Waals surface area contributed by atoms with Crippen molar-refractivity contribution >= 4 is 17.7 Å². The average Bonchev–Trinajstić information content (AvgIpc) is 2.83. The molecule has 0 saturated carbocycles. The summed E-state index contributed by atoms with van der Waals surface area (Å²) in [4.78, 5) is 17.1. The van der Waals surface area contributed by atoms with Crippen LogP contribution in [0.4, 0.5) is 0 Å². The fraction of sp³-hybridized carbons (Fsp3) is 0.308. The highest BCUT2D eigenvalue weighted by Gasteiger charge is 2.05. The summed E-state index contributed by atoms with van der Waals surface area (Å²) in [7, 11) is 0. The molecule has 1 heterocycles. The Labute approximate surface area is 116 Å². The first-order valence-corrected chi connectivity index (χ1v) is 7.17. The SMILES string of the molecule is CSc1ccc(CC(=O)NCc2n[nH]c(C)n2)cc1. The normalized spacial score (nSPS) is 10.4. The molecule has 0 fully saturated rings. The first-order chi connectivity index (χ1) is 9.17. The molecule has 0 radical (unpaired) electrons. The Bertz CT molecular complexity index is 550. The highest BCUT2D eigenvalue weighted by atomic mass is 32.2. The van der Waals surface area contributed by atoms with E-state index in [1.165, 1.54) is 4.90 Å². The van der Waals surface area contributed by atoms with Gasteiger partial charge in [0.15, 0.2) is 5.82 Å². The van der Waals surface area contributed by atoms with Gasteiger partial charge < -0.3 is 5.32 Å². The number of aryl methyl sites for hydroxylation is 1. The second-order valence-electron chi connectivity index (χ2n) is 4.14. The minimum atomic E-state index is -0.0284. The van der Waals surface area contributed by atoms with Gasteiger partial charge in [0.1, 0.15) is 5.82 Å². The smallest absolute Gasteiger partial charge is 0.224 e. The summed E-state index contributed by atoms with van der Waals surface area (Å²) in [5, 5.41) is 9.50. The van der Waals surface area contributed by atoms with Crippen LogP contribution in [0.15, 0.2) is 29.2 Å². The summed E-state index contributed by atoms with van der Waals surface area (Å²) < 4.78 is 0. The third-order valence-electron chi connectivity index (χ3n) is 2.61. The van der Waals surface area contributed by atoms with Crippen molar-refractivity contribution < 1.29 is 4.79 Å². The molecule has 0 aliphatic heterocycles. The van der Waals surface area contributed by atoms with Gasteiger partial charge in [-0.15, -0.1) is 11.8 Å². The van der Waals surface area contributed by atoms with E-state index in [9.17, 15) is 4.79 Å². The lowest BCUT2D eigenvalue weighted by Gasteiger charge is -2.04. The molecule has 0 spiro atoms. The standard InChI is InChI=1S/C13H16N4OS/c1-9-15-12(17-16-9)8-14-13(18)7-10-3-5-11(19-2)6-4-10/h3-6H,7-8H2,1-2H3,(H,14,18)(H,15,16,17). The van der Waals surface area contributed by atoms with E-state index in [0.29, 0.717) is 18.8 Å². The Hall–Kier alpha value is -1.82. The van der Waals surface area contributed by atoms with Crippen LogP contribution in [0.2, 0.25) is 0 Å². The number of aromatic amines is 1. The Balaban J connectivity index is 1.83. The van der Waals surface area contributed by atoms with Gasteiger partial charge in [0, 0.05) is 4.90 Å². The van der Waals surface area contributed by atoms with Gasteiger partial charge in [-0.25, -0.2) is 4.98 Å². The Kier molecular flexibility index (Phi) is 4.57. The number of nitrogens with zero attached hydrogens (tertiary/aromatic N) is 2. The Morgan fingerprint density at radius 2 is 2.11 bits per heavy atom. The largest absolute Gasteiger partial charge is 0.348 e. The maximum atomic E-state index is 11.8. The molecular formula is C13H16N4OS. The number of hydrogen-bond acceptors (Lipinski definition) is 4. The number of H-pyrrole nitrogens is 1. The molecule has 1 aromatic carbocycles. The number of carbonyl (C=O) groups is 1. The van der Waals surface area contributed by atoms with E-state index in [2.05, 4.69) is 20.5 Å². The van der Waals surface area contributed by atoms with Crippen molar-refractivity contribution in [1.82, 2.24) is 20.5 Å². The molecule has 0 saturated heterocycles. The third-order valence-corrected chi connectivity index (χ3v) is 3.35. The average molecular weight is 276 g/mol. The van der Waals surface area contributed by atoms with E-state index in [1.807, 2.05) is 37.4 Å². The minimum Gasteiger partial charge on any atom is -0.348 e. The highest BCUT2D eigenvalue weighted by Crippen LogP contribution is 2.14. The predicted molar refractivity (Wildman–Crippen MR) is 74.9 cm³/mol. The van der Waals surface area contributed by atoms with Crippen LogP contribution in [0.3, 0.4) is 0 Å². The van der Waals surface area contributed by atoms with Gasteiger partial charge in [0.25, 0.3) is 0 Å². The number of rotatable bonds is 5. The van der Waals surface area contributed by atoms with Gasteiger partial charge in [-0.1, -0.05) is 12.1 Å². The fourth-order valence-corrected chi connectivity index (χ4v) is 2.05. The summed E-state index contributed by atoms with van der Waals surface area (Å²) >= 11 is 1.69. The van der Waals surface area contributed by atoms with Gasteiger partial charge in [-0.2, -0.15) is 5.10 Å². The van der Waals surface area contributed by atoms with Crippen LogP contribution < -0.4 is 5.32 Å². The molecule has 6 heteroatoms. The molecule has 0 aliphatic rings. The Morgan fingerprint density at radius 1 is 1.37 bits per heavy atom. The first kappa shape index (κ1) is 13.6. The zero-order valence-corrected chi connectivity index (χ0v) is 11.8. The van der Waals surface area contributed by atoms with Crippen molar-refractivity contribution in [1.29, 1.82) is 0 Å². The molecule has 0 unspecified atom stereocenters. The summed E-state index contributed by atoms with van der Waals surface area (Å²) in [5.74, 6) is 1.32. The Morgan fingerprint density at radius 3 is 2.68 bits per heavy atom. The van der Waals surface area contributed by atoms with E-state index >= 15 is 0 Å². The molecule has 2 N–H and O–H groups in total. The second kappa shape index (κ2) is 6.38. The van der Waals surface area contributed by atoms with Crippen molar-refractivity contribution in [3.05, 3.63) is 41.5 Å². The molecule has 2 rings (SSSR count). The molecule has 19 heavy (non-hydrogen) atoms. The van der Waals surface area contributed by atoms with Gasteiger partial charge >= 0.3 is 0 Å². The van der Waals surface area contributed by atoms with Crippen LogP contribution in [-0.2, 0) is 17.8 Å². The summed E-state index contributed by atoms with van der Waals surface area (Å²) in [6, 6.07) is 7.99. The minimum absolute atomic E-state index is 0.0284. The summed E-state index contributed by atoms with van der Waals surface area (Å²) in [6.45, 7) is 2.18. The lowest BCUT2D eigenvalue weighted by molar-refractivity contribution is -0.120. The number of nitrogens with one attached hydrogen (secondary N) is 2. The molecule has 0 bridgehead atoms. The van der Waals surface area contributed by atoms with Crippen LogP contribution in [0, 0.1) is 6.92 Å². The van der Waals surface area contributed by atoms with E-state index in [1.54, 1.807) is 11.8 Å². The van der Waals surface area contributed by atoms with Crippen molar-refractivity contribution in [2.45, 2.75) is 24.8 Å². The van der Waals surface area contributed by atoms with E-state index in [0.717, 1.165) is 11.4 Å². The topological polar surface area (TPSA) is 70.7 Å². The van der Waals surface area contributed by atoms with Gasteiger partial charge in [-0.05, 0) is 30.9 Å². The van der Waals surface area contributed by atoms with E-state index < -0.39 is 0 Å². The van der Waals surface area contributed by atoms with Gasteiger partial charge in [0.05, 0.1) is 13.0 Å². The van der Waals surface area contributed by atoms with Gasteiger partial charge in [-0.3, -0.25) is 9.89 Å². The summed E-state index contributed by atoms with van der Waals surface area (Å²) in [5.41, 5.74) is 1.00. The highest BCUT2D eigenvalue weighted by molar-refractivity contribution is 7.98. The number of aromatic nitrogens is 3. The number of hydrogen-bond donors (Lipinski definition) is 2. The van der Waals surface area contributed by atoms with Crippen LogP contribution in [0.1, 0.15) is 17.2 Å². The molecule has 1 amide bonds. The second-order valence-corrected chi connectivity index (χ2v) is 5.02. The lowest BCUT2D eigenvalue weighted by Crippen LogP contribution is -2.25. The van der Waals surface area contributed by atoms with Crippen molar-refractivity contribution in [2.24, 2.45) is 0 Å². The maximum absolute atomic E-state index is 11.8. The first-order valence-electron chi connectivity index (χ1n) is 5.95. The zero-order valence-electron chi connectivity index (χ0n) is 10.9. The zero-order chi connectivity index (χ0) is 13.7. The predicted octanol–water partition coefficient (Wildman–Crippen LogP) is 1.69. The lowest BCUT2D eigenvalue weighted by atomic mass is 10.1. The molecule has 100 valence electrons. The quantitative estimate of drug-likeness (QED) is 0.815. The molecule has 0 atom stereocenters. The number of thioether (sulfide) groups is 1. The molecule has 0 aliphatic carbocycles. The summed E-state index contributed by atoms with van der Waals surface area (Å²) in [6.07, 6.45) is 2.40.